The number of hydrogen-bond donors (Lipinski definition) is 2. The van der Waals surface area contributed by atoms with Crippen LogP contribution < -0.4 is 10.6 Å². The zero-order valence-corrected chi connectivity index (χ0v) is 10.7. The van der Waals surface area contributed by atoms with E-state index < -0.39 is 0 Å². The molecule has 0 spiro atoms. The molecule has 0 saturated heterocycles. The van der Waals surface area contributed by atoms with Crippen molar-refractivity contribution in [2.75, 3.05) is 6.54 Å². The lowest BCUT2D eigenvalue weighted by Gasteiger charge is -2.06. The van der Waals surface area contributed by atoms with Crippen LogP contribution in [0.4, 0.5) is 0 Å². The second-order valence-corrected chi connectivity index (χ2v) is 4.19. The molecule has 0 fully saturated rings. The van der Waals surface area contributed by atoms with E-state index in [1.54, 1.807) is 6.20 Å². The lowest BCUT2D eigenvalue weighted by Crippen LogP contribution is -2.33. The Morgan fingerprint density at radius 1 is 1.00 bits per heavy atom. The molecule has 1 aromatic heterocycles. The predicted octanol–water partition coefficient (Wildman–Crippen LogP) is 1.49. The fourth-order valence-corrected chi connectivity index (χ4v) is 1.67. The van der Waals surface area contributed by atoms with E-state index in [0.717, 1.165) is 11.3 Å². The number of amides is 1. The predicted molar refractivity (Wildman–Crippen MR) is 74.2 cm³/mol. The number of benzene rings is 1. The molecule has 1 amide bonds. The van der Waals surface area contributed by atoms with Crippen LogP contribution in [0.25, 0.3) is 0 Å². The first-order valence-electron chi connectivity index (χ1n) is 6.26. The molecule has 0 radical (unpaired) electrons. The van der Waals surface area contributed by atoms with E-state index in [4.69, 9.17) is 0 Å². The van der Waals surface area contributed by atoms with E-state index in [1.165, 1.54) is 0 Å². The third kappa shape index (κ3) is 4.89. The van der Waals surface area contributed by atoms with Crippen LogP contribution in [0.15, 0.2) is 54.7 Å². The number of nitrogens with zero attached hydrogens (tertiary/aromatic N) is 1. The van der Waals surface area contributed by atoms with Gasteiger partial charge in [0.1, 0.15) is 0 Å². The van der Waals surface area contributed by atoms with E-state index in [9.17, 15) is 4.79 Å². The highest BCUT2D eigenvalue weighted by Crippen LogP contribution is 1.96. The fourth-order valence-electron chi connectivity index (χ4n) is 1.67. The summed E-state index contributed by atoms with van der Waals surface area (Å²) in [7, 11) is 0. The van der Waals surface area contributed by atoms with Gasteiger partial charge in [-0.1, -0.05) is 36.4 Å². The molecule has 0 bridgehead atoms. The average molecular weight is 255 g/mol. The largest absolute Gasteiger partial charge is 0.351 e. The van der Waals surface area contributed by atoms with Gasteiger partial charge in [0.25, 0.3) is 0 Å². The number of carbonyl (C=O) groups excluding carboxylic acids is 1. The summed E-state index contributed by atoms with van der Waals surface area (Å²) in [6, 6.07) is 15.6. The lowest BCUT2D eigenvalue weighted by atomic mass is 10.2. The molecule has 4 heteroatoms. The SMILES string of the molecule is O=C(CNCc1ccccn1)NCc1ccccc1. The molecule has 19 heavy (non-hydrogen) atoms. The van der Waals surface area contributed by atoms with Gasteiger partial charge in [-0.05, 0) is 17.7 Å². The monoisotopic (exact) mass is 255 g/mol. The molecule has 0 aliphatic carbocycles. The number of nitrogens with one attached hydrogen (secondary N) is 2. The molecule has 4 nitrogen and oxygen atoms in total. The second kappa shape index (κ2) is 7.28. The Morgan fingerprint density at radius 2 is 1.79 bits per heavy atom. The van der Waals surface area contributed by atoms with Gasteiger partial charge < -0.3 is 10.6 Å². The van der Waals surface area contributed by atoms with Crippen LogP contribution in [0.5, 0.6) is 0 Å². The number of hydrogen-bond acceptors (Lipinski definition) is 3. The van der Waals surface area contributed by atoms with Crippen molar-refractivity contribution in [1.29, 1.82) is 0 Å². The maximum Gasteiger partial charge on any atom is 0.234 e. The first kappa shape index (κ1) is 13.2. The van der Waals surface area contributed by atoms with Crippen molar-refractivity contribution >= 4 is 5.91 Å². The third-order valence-electron chi connectivity index (χ3n) is 2.65. The Balaban J connectivity index is 1.65. The van der Waals surface area contributed by atoms with Crippen molar-refractivity contribution in [1.82, 2.24) is 15.6 Å². The Labute approximate surface area is 112 Å². The average Bonchev–Trinajstić information content (AvgIpc) is 2.47. The Bertz CT molecular complexity index is 499. The van der Waals surface area contributed by atoms with Crippen LogP contribution in [-0.4, -0.2) is 17.4 Å². The highest BCUT2D eigenvalue weighted by molar-refractivity contribution is 5.77. The lowest BCUT2D eigenvalue weighted by molar-refractivity contribution is -0.120. The molecule has 98 valence electrons. The van der Waals surface area contributed by atoms with Gasteiger partial charge in [0.05, 0.1) is 12.2 Å². The van der Waals surface area contributed by atoms with Gasteiger partial charge in [-0.2, -0.15) is 0 Å². The number of rotatable bonds is 6. The molecule has 0 aliphatic rings. The standard InChI is InChI=1S/C15H17N3O/c19-15(18-10-13-6-2-1-3-7-13)12-16-11-14-8-4-5-9-17-14/h1-9,16H,10-12H2,(H,18,19). The van der Waals surface area contributed by atoms with Crippen molar-refractivity contribution in [3.8, 4) is 0 Å². The van der Waals surface area contributed by atoms with Gasteiger partial charge in [-0.15, -0.1) is 0 Å². The molecule has 2 N–H and O–H groups in total. The van der Waals surface area contributed by atoms with Crippen molar-refractivity contribution in [3.05, 3.63) is 66.0 Å². The highest BCUT2D eigenvalue weighted by atomic mass is 16.1. The minimum absolute atomic E-state index is 0.0141. The molecule has 1 heterocycles. The van der Waals surface area contributed by atoms with Crippen LogP contribution >= 0.6 is 0 Å². The Morgan fingerprint density at radius 3 is 2.53 bits per heavy atom. The van der Waals surface area contributed by atoms with E-state index in [2.05, 4.69) is 15.6 Å². The maximum atomic E-state index is 11.6. The third-order valence-corrected chi connectivity index (χ3v) is 2.65. The zero-order chi connectivity index (χ0) is 13.3. The highest BCUT2D eigenvalue weighted by Gasteiger charge is 2.00. The first-order valence-corrected chi connectivity index (χ1v) is 6.26. The summed E-state index contributed by atoms with van der Waals surface area (Å²) >= 11 is 0. The van der Waals surface area contributed by atoms with Crippen LogP contribution in [0.3, 0.4) is 0 Å². The molecule has 2 aromatic rings. The van der Waals surface area contributed by atoms with Crippen molar-refractivity contribution in [2.45, 2.75) is 13.1 Å². The van der Waals surface area contributed by atoms with Gasteiger partial charge in [0.2, 0.25) is 5.91 Å². The number of pyridine rings is 1. The number of carbonyl (C=O) groups is 1. The van der Waals surface area contributed by atoms with Crippen LogP contribution in [0, 0.1) is 0 Å². The summed E-state index contributed by atoms with van der Waals surface area (Å²) in [6.07, 6.45) is 1.74. The minimum Gasteiger partial charge on any atom is -0.351 e. The molecule has 2 rings (SSSR count). The molecule has 0 aliphatic heterocycles. The van der Waals surface area contributed by atoms with Gasteiger partial charge in [-0.25, -0.2) is 0 Å². The first-order chi connectivity index (χ1) is 9.34. The summed E-state index contributed by atoms with van der Waals surface area (Å²) in [6.45, 7) is 1.45. The van der Waals surface area contributed by atoms with Crippen molar-refractivity contribution in [3.63, 3.8) is 0 Å². The summed E-state index contributed by atoms with van der Waals surface area (Å²) in [5.74, 6) is -0.0141. The fraction of sp³-hybridized carbons (Fsp3) is 0.200. The summed E-state index contributed by atoms with van der Waals surface area (Å²) in [4.78, 5) is 15.8. The van der Waals surface area contributed by atoms with Crippen LogP contribution in [-0.2, 0) is 17.9 Å². The normalized spacial score (nSPS) is 10.1. The quantitative estimate of drug-likeness (QED) is 0.822. The molecule has 0 saturated carbocycles. The van der Waals surface area contributed by atoms with Crippen molar-refractivity contribution in [2.24, 2.45) is 0 Å². The van der Waals surface area contributed by atoms with E-state index in [0.29, 0.717) is 19.6 Å². The van der Waals surface area contributed by atoms with Gasteiger partial charge in [0.15, 0.2) is 0 Å². The van der Waals surface area contributed by atoms with Gasteiger partial charge in [-0.3, -0.25) is 9.78 Å². The molecular weight excluding hydrogens is 238 g/mol. The summed E-state index contributed by atoms with van der Waals surface area (Å²) in [5, 5.41) is 5.93. The minimum atomic E-state index is -0.0141. The van der Waals surface area contributed by atoms with E-state index in [-0.39, 0.29) is 5.91 Å². The number of aromatic nitrogens is 1. The zero-order valence-electron chi connectivity index (χ0n) is 10.7. The van der Waals surface area contributed by atoms with Gasteiger partial charge >= 0.3 is 0 Å². The molecule has 0 unspecified atom stereocenters. The maximum absolute atomic E-state index is 11.6. The van der Waals surface area contributed by atoms with Crippen LogP contribution in [0.1, 0.15) is 11.3 Å². The Kier molecular flexibility index (Phi) is 5.07. The van der Waals surface area contributed by atoms with Gasteiger partial charge in [0, 0.05) is 19.3 Å². The summed E-state index contributed by atoms with van der Waals surface area (Å²) < 4.78 is 0. The molecular formula is C15H17N3O. The molecule has 0 atom stereocenters. The Hall–Kier alpha value is -2.20. The van der Waals surface area contributed by atoms with E-state index >= 15 is 0 Å². The van der Waals surface area contributed by atoms with E-state index in [1.807, 2.05) is 48.5 Å². The summed E-state index contributed by atoms with van der Waals surface area (Å²) in [5.41, 5.74) is 2.03. The van der Waals surface area contributed by atoms with Crippen molar-refractivity contribution < 1.29 is 4.79 Å². The topological polar surface area (TPSA) is 54.0 Å². The smallest absolute Gasteiger partial charge is 0.234 e. The van der Waals surface area contributed by atoms with Crippen LogP contribution in [0.2, 0.25) is 0 Å². The second-order valence-electron chi connectivity index (χ2n) is 4.19. The molecule has 1 aromatic carbocycles.